The molecule has 0 aliphatic carbocycles. The maximum absolute atomic E-state index is 13.0. The molecule has 6 nitrogen and oxygen atoms in total. The lowest BCUT2D eigenvalue weighted by molar-refractivity contribution is -0.142. The van der Waals surface area contributed by atoms with Crippen molar-refractivity contribution < 1.29 is 19.1 Å². The summed E-state index contributed by atoms with van der Waals surface area (Å²) in [7, 11) is 0. The first-order valence-corrected chi connectivity index (χ1v) is 8.15. The van der Waals surface area contributed by atoms with Crippen LogP contribution < -0.4 is 0 Å². The number of amides is 1. The third-order valence-corrected chi connectivity index (χ3v) is 4.39. The molecular formula is C18H20FN3O3. The third kappa shape index (κ3) is 4.24. The minimum absolute atomic E-state index is 0.174. The van der Waals surface area contributed by atoms with Gasteiger partial charge in [0, 0.05) is 38.9 Å². The Kier molecular flexibility index (Phi) is 5.14. The fraction of sp³-hybridized carbons (Fsp3) is 0.333. The van der Waals surface area contributed by atoms with Gasteiger partial charge in [0.05, 0.1) is 5.92 Å². The number of carbonyl (C=O) groups is 2. The van der Waals surface area contributed by atoms with Crippen LogP contribution in [-0.2, 0) is 11.3 Å². The molecule has 2 heterocycles. The average Bonchev–Trinajstić information content (AvgIpc) is 3.04. The van der Waals surface area contributed by atoms with E-state index in [0.29, 0.717) is 31.9 Å². The minimum atomic E-state index is -0.921. The van der Waals surface area contributed by atoms with Gasteiger partial charge < -0.3 is 15.0 Å². The van der Waals surface area contributed by atoms with Crippen molar-refractivity contribution >= 4 is 11.9 Å². The summed E-state index contributed by atoms with van der Waals surface area (Å²) >= 11 is 0. The lowest BCUT2D eigenvalue weighted by Crippen LogP contribution is -2.38. The summed E-state index contributed by atoms with van der Waals surface area (Å²) in [4.78, 5) is 30.5. The quantitative estimate of drug-likeness (QED) is 0.886. The van der Waals surface area contributed by atoms with Crippen molar-refractivity contribution in [2.75, 3.05) is 26.2 Å². The van der Waals surface area contributed by atoms with Crippen LogP contribution in [0.2, 0.25) is 0 Å². The van der Waals surface area contributed by atoms with Crippen LogP contribution in [0.1, 0.15) is 16.1 Å². The van der Waals surface area contributed by atoms with Crippen molar-refractivity contribution in [1.29, 1.82) is 0 Å². The topological polar surface area (TPSA) is 76.6 Å². The average molecular weight is 345 g/mol. The van der Waals surface area contributed by atoms with Gasteiger partial charge in [-0.15, -0.1) is 0 Å². The summed E-state index contributed by atoms with van der Waals surface area (Å²) in [5, 5.41) is 9.49. The largest absolute Gasteiger partial charge is 0.481 e. The van der Waals surface area contributed by atoms with Gasteiger partial charge in [0.15, 0.2) is 0 Å². The van der Waals surface area contributed by atoms with Gasteiger partial charge in [0.1, 0.15) is 11.5 Å². The smallest absolute Gasteiger partial charge is 0.309 e. The predicted octanol–water partition coefficient (Wildman–Crippen LogP) is 1.81. The number of aromatic nitrogens is 1. The first-order chi connectivity index (χ1) is 12.0. The zero-order chi connectivity index (χ0) is 17.8. The Morgan fingerprint density at radius 2 is 1.92 bits per heavy atom. The number of nitrogens with zero attached hydrogens (tertiary/aromatic N) is 2. The molecule has 0 spiro atoms. The number of carboxylic acid groups (broad SMARTS) is 1. The highest BCUT2D eigenvalue weighted by atomic mass is 19.1. The zero-order valence-corrected chi connectivity index (χ0v) is 13.7. The lowest BCUT2D eigenvalue weighted by atomic mass is 10.1. The van der Waals surface area contributed by atoms with Crippen molar-refractivity contribution in [2.24, 2.45) is 5.92 Å². The summed E-state index contributed by atoms with van der Waals surface area (Å²) in [5.74, 6) is -2.08. The van der Waals surface area contributed by atoms with Crippen molar-refractivity contribution in [3.8, 4) is 0 Å². The van der Waals surface area contributed by atoms with Crippen LogP contribution in [0.3, 0.4) is 0 Å². The van der Waals surface area contributed by atoms with E-state index in [9.17, 15) is 19.1 Å². The molecule has 1 saturated heterocycles. The number of hydrogen-bond donors (Lipinski definition) is 2. The van der Waals surface area contributed by atoms with Crippen LogP contribution in [0.15, 0.2) is 42.6 Å². The number of hydrogen-bond acceptors (Lipinski definition) is 3. The molecule has 1 aliphatic heterocycles. The summed E-state index contributed by atoms with van der Waals surface area (Å²) < 4.78 is 13.0. The van der Waals surface area contributed by atoms with Crippen molar-refractivity contribution in [1.82, 2.24) is 14.8 Å². The minimum Gasteiger partial charge on any atom is -0.481 e. The molecule has 1 aromatic carbocycles. The molecule has 0 unspecified atom stereocenters. The number of aliphatic carboxylic acids is 1. The molecule has 3 rings (SSSR count). The van der Waals surface area contributed by atoms with Crippen molar-refractivity contribution in [3.05, 3.63) is 59.7 Å². The van der Waals surface area contributed by atoms with Gasteiger partial charge in [-0.25, -0.2) is 4.39 Å². The van der Waals surface area contributed by atoms with Crippen molar-refractivity contribution in [2.45, 2.75) is 6.54 Å². The van der Waals surface area contributed by atoms with Gasteiger partial charge >= 0.3 is 5.97 Å². The molecule has 2 aromatic rings. The standard InChI is InChI=1S/C18H20FN3O3/c19-15-5-3-13(4-6-15)10-21-8-9-22(12-14(11-21)18(24)25)17(23)16-2-1-7-20-16/h1-7,14,20H,8-12H2,(H,24,25)/t14-/m0/s1. The number of aromatic amines is 1. The SMILES string of the molecule is O=C(O)[C@H]1CN(Cc2ccc(F)cc2)CCN(C(=O)c2ccc[nH]2)C1. The second-order valence-corrected chi connectivity index (χ2v) is 6.23. The van der Waals surface area contributed by atoms with Crippen LogP contribution in [0.4, 0.5) is 4.39 Å². The van der Waals surface area contributed by atoms with Gasteiger partial charge in [-0.1, -0.05) is 12.1 Å². The first kappa shape index (κ1) is 17.2. The summed E-state index contributed by atoms with van der Waals surface area (Å²) in [6.07, 6.45) is 1.67. The first-order valence-electron chi connectivity index (χ1n) is 8.15. The molecule has 1 aromatic heterocycles. The Balaban J connectivity index is 1.72. The molecular weight excluding hydrogens is 325 g/mol. The van der Waals surface area contributed by atoms with Crippen LogP contribution >= 0.6 is 0 Å². The highest BCUT2D eigenvalue weighted by Crippen LogP contribution is 2.16. The molecule has 0 radical (unpaired) electrons. The van der Waals surface area contributed by atoms with E-state index < -0.39 is 11.9 Å². The number of benzene rings is 1. The fourth-order valence-corrected chi connectivity index (χ4v) is 3.05. The monoisotopic (exact) mass is 345 g/mol. The van der Waals surface area contributed by atoms with Gasteiger partial charge in [0.25, 0.3) is 5.91 Å². The lowest BCUT2D eigenvalue weighted by Gasteiger charge is -2.21. The number of nitrogens with one attached hydrogen (secondary N) is 1. The molecule has 1 amide bonds. The fourth-order valence-electron chi connectivity index (χ4n) is 3.05. The highest BCUT2D eigenvalue weighted by Gasteiger charge is 2.30. The van der Waals surface area contributed by atoms with Gasteiger partial charge in [-0.3, -0.25) is 14.5 Å². The van der Waals surface area contributed by atoms with E-state index in [-0.39, 0.29) is 18.3 Å². The van der Waals surface area contributed by atoms with E-state index >= 15 is 0 Å². The number of rotatable bonds is 4. The Hall–Kier alpha value is -2.67. The number of halogens is 1. The second-order valence-electron chi connectivity index (χ2n) is 6.23. The number of carbonyl (C=O) groups excluding carboxylic acids is 1. The Morgan fingerprint density at radius 3 is 2.56 bits per heavy atom. The second kappa shape index (κ2) is 7.48. The number of carboxylic acids is 1. The molecule has 7 heteroatoms. The van der Waals surface area contributed by atoms with E-state index in [0.717, 1.165) is 5.56 Å². The van der Waals surface area contributed by atoms with E-state index in [1.54, 1.807) is 35.4 Å². The normalized spacial score (nSPS) is 18.8. The molecule has 0 saturated carbocycles. The molecule has 2 N–H and O–H groups in total. The zero-order valence-electron chi connectivity index (χ0n) is 13.7. The molecule has 0 bridgehead atoms. The Bertz CT molecular complexity index is 731. The summed E-state index contributed by atoms with van der Waals surface area (Å²) in [6, 6.07) is 9.58. The summed E-state index contributed by atoms with van der Waals surface area (Å²) in [5.41, 5.74) is 1.37. The molecule has 1 aliphatic rings. The van der Waals surface area contributed by atoms with Gasteiger partial charge in [-0.05, 0) is 29.8 Å². The Morgan fingerprint density at radius 1 is 1.16 bits per heavy atom. The van der Waals surface area contributed by atoms with Crippen LogP contribution in [-0.4, -0.2) is 57.9 Å². The maximum Gasteiger partial charge on any atom is 0.309 e. The maximum atomic E-state index is 13.0. The van der Waals surface area contributed by atoms with Gasteiger partial charge in [-0.2, -0.15) is 0 Å². The highest BCUT2D eigenvalue weighted by molar-refractivity contribution is 5.92. The van der Waals surface area contributed by atoms with Crippen molar-refractivity contribution in [3.63, 3.8) is 0 Å². The third-order valence-electron chi connectivity index (χ3n) is 4.39. The van der Waals surface area contributed by atoms with E-state index in [2.05, 4.69) is 4.98 Å². The predicted molar refractivity (Wildman–Crippen MR) is 89.5 cm³/mol. The summed E-state index contributed by atoms with van der Waals surface area (Å²) in [6.45, 7) is 2.05. The van der Waals surface area contributed by atoms with Crippen LogP contribution in [0.5, 0.6) is 0 Å². The molecule has 25 heavy (non-hydrogen) atoms. The van der Waals surface area contributed by atoms with Gasteiger partial charge in [0.2, 0.25) is 0 Å². The van der Waals surface area contributed by atoms with E-state index in [4.69, 9.17) is 0 Å². The van der Waals surface area contributed by atoms with E-state index in [1.165, 1.54) is 12.1 Å². The van der Waals surface area contributed by atoms with Crippen LogP contribution in [0.25, 0.3) is 0 Å². The molecule has 1 atom stereocenters. The van der Waals surface area contributed by atoms with Crippen LogP contribution in [0, 0.1) is 11.7 Å². The Labute approximate surface area is 144 Å². The van der Waals surface area contributed by atoms with E-state index in [1.807, 2.05) is 4.90 Å². The molecule has 1 fully saturated rings. The number of H-pyrrole nitrogens is 1. The molecule has 132 valence electrons.